The van der Waals surface area contributed by atoms with Crippen molar-refractivity contribution in [2.24, 2.45) is 5.73 Å². The van der Waals surface area contributed by atoms with E-state index in [1.807, 2.05) is 0 Å². The predicted molar refractivity (Wildman–Crippen MR) is 74.2 cm³/mol. The van der Waals surface area contributed by atoms with Gasteiger partial charge in [-0.3, -0.25) is 4.79 Å². The molecule has 5 nitrogen and oxygen atoms in total. The number of halogens is 1. The number of rotatable bonds is 5. The van der Waals surface area contributed by atoms with Gasteiger partial charge in [-0.2, -0.15) is 0 Å². The number of methoxy groups -OCH3 is 1. The fourth-order valence-electron chi connectivity index (χ4n) is 1.38. The largest absolute Gasteiger partial charge is 0.465 e. The highest BCUT2D eigenvalue weighted by molar-refractivity contribution is 6.33. The van der Waals surface area contributed by atoms with E-state index in [0.29, 0.717) is 22.7 Å². The minimum Gasteiger partial charge on any atom is -0.465 e. The molecule has 0 aliphatic heterocycles. The molecule has 3 N–H and O–H groups in total. The van der Waals surface area contributed by atoms with Crippen molar-refractivity contribution in [3.63, 3.8) is 0 Å². The Labute approximate surface area is 116 Å². The van der Waals surface area contributed by atoms with E-state index in [2.05, 4.69) is 16.6 Å². The molecule has 0 saturated carbocycles. The highest BCUT2D eigenvalue weighted by Crippen LogP contribution is 2.23. The molecule has 1 atom stereocenters. The van der Waals surface area contributed by atoms with Crippen LogP contribution in [0.3, 0.4) is 0 Å². The number of nitrogens with two attached hydrogens (primary N) is 1. The van der Waals surface area contributed by atoms with Crippen molar-refractivity contribution in [1.82, 2.24) is 0 Å². The number of benzene rings is 1. The maximum atomic E-state index is 11.7. The molecule has 0 radical (unpaired) electrons. The molecule has 1 unspecified atom stereocenters. The van der Waals surface area contributed by atoms with Gasteiger partial charge in [0.2, 0.25) is 5.91 Å². The molecule has 0 aliphatic rings. The van der Waals surface area contributed by atoms with Crippen LogP contribution in [0.25, 0.3) is 0 Å². The lowest BCUT2D eigenvalue weighted by atomic mass is 10.1. The number of ether oxygens (including phenoxy) is 1. The van der Waals surface area contributed by atoms with Crippen molar-refractivity contribution >= 4 is 29.2 Å². The number of nitrogens with one attached hydrogen (secondary N) is 1. The summed E-state index contributed by atoms with van der Waals surface area (Å²) in [5.74, 6) is -0.911. The Morgan fingerprint density at radius 3 is 2.84 bits per heavy atom. The van der Waals surface area contributed by atoms with Crippen molar-refractivity contribution in [3.8, 4) is 0 Å². The Balaban J connectivity index is 2.91. The SMILES string of the molecule is C=CCC(N)C(=O)Nc1cc(C(=O)OC)ccc1Cl. The molecule has 0 bridgehead atoms. The van der Waals surface area contributed by atoms with Gasteiger partial charge in [0.25, 0.3) is 0 Å². The first-order valence-electron chi connectivity index (χ1n) is 5.54. The van der Waals surface area contributed by atoms with E-state index in [9.17, 15) is 9.59 Å². The standard InChI is InChI=1S/C13H15ClN2O3/c1-3-4-10(15)12(17)16-11-7-8(13(18)19-2)5-6-9(11)14/h3,5-7,10H,1,4,15H2,2H3,(H,16,17). The minimum atomic E-state index is -0.713. The summed E-state index contributed by atoms with van der Waals surface area (Å²) in [5.41, 5.74) is 6.24. The van der Waals surface area contributed by atoms with Gasteiger partial charge < -0.3 is 15.8 Å². The van der Waals surface area contributed by atoms with E-state index in [4.69, 9.17) is 17.3 Å². The molecule has 0 fully saturated rings. The average molecular weight is 283 g/mol. The second kappa shape index (κ2) is 6.92. The Morgan fingerprint density at radius 2 is 2.26 bits per heavy atom. The summed E-state index contributed by atoms with van der Waals surface area (Å²) in [6.07, 6.45) is 1.90. The summed E-state index contributed by atoms with van der Waals surface area (Å²) in [5, 5.41) is 2.87. The number of amides is 1. The van der Waals surface area contributed by atoms with Gasteiger partial charge in [-0.15, -0.1) is 6.58 Å². The zero-order valence-electron chi connectivity index (χ0n) is 10.5. The Hall–Kier alpha value is -1.85. The Bertz CT molecular complexity index is 503. The number of hydrogen-bond acceptors (Lipinski definition) is 4. The van der Waals surface area contributed by atoms with Crippen molar-refractivity contribution in [3.05, 3.63) is 41.4 Å². The molecular weight excluding hydrogens is 268 g/mol. The highest BCUT2D eigenvalue weighted by Gasteiger charge is 2.15. The van der Waals surface area contributed by atoms with Gasteiger partial charge in [-0.1, -0.05) is 17.7 Å². The normalized spacial score (nSPS) is 11.5. The van der Waals surface area contributed by atoms with Gasteiger partial charge in [0.15, 0.2) is 0 Å². The molecule has 1 aromatic rings. The first-order valence-corrected chi connectivity index (χ1v) is 5.92. The van der Waals surface area contributed by atoms with Crippen molar-refractivity contribution in [1.29, 1.82) is 0 Å². The molecular formula is C13H15ClN2O3. The molecule has 1 amide bonds. The molecule has 0 saturated heterocycles. The number of hydrogen-bond donors (Lipinski definition) is 2. The second-order valence-electron chi connectivity index (χ2n) is 3.81. The first kappa shape index (κ1) is 15.2. The number of carbonyl (C=O) groups is 2. The summed E-state index contributed by atoms with van der Waals surface area (Å²) in [6.45, 7) is 3.51. The summed E-state index contributed by atoms with van der Waals surface area (Å²) in [6, 6.07) is 3.73. The molecule has 1 rings (SSSR count). The van der Waals surface area contributed by atoms with Gasteiger partial charge in [-0.05, 0) is 24.6 Å². The monoisotopic (exact) mass is 282 g/mol. The quantitative estimate of drug-likeness (QED) is 0.639. The maximum Gasteiger partial charge on any atom is 0.337 e. The van der Waals surface area contributed by atoms with Crippen LogP contribution in [-0.4, -0.2) is 25.0 Å². The third kappa shape index (κ3) is 4.08. The van der Waals surface area contributed by atoms with Crippen molar-refractivity contribution in [2.75, 3.05) is 12.4 Å². The van der Waals surface area contributed by atoms with Crippen LogP contribution in [0.5, 0.6) is 0 Å². The van der Waals surface area contributed by atoms with E-state index in [0.717, 1.165) is 0 Å². The lowest BCUT2D eigenvalue weighted by Gasteiger charge is -2.12. The van der Waals surface area contributed by atoms with Gasteiger partial charge in [-0.25, -0.2) is 4.79 Å². The maximum absolute atomic E-state index is 11.7. The minimum absolute atomic E-state index is 0.291. The topological polar surface area (TPSA) is 81.4 Å². The molecule has 6 heteroatoms. The fraction of sp³-hybridized carbons (Fsp3) is 0.231. The molecule has 1 aromatic carbocycles. The van der Waals surface area contributed by atoms with Crippen LogP contribution in [0.1, 0.15) is 16.8 Å². The highest BCUT2D eigenvalue weighted by atomic mass is 35.5. The van der Waals surface area contributed by atoms with Crippen LogP contribution in [0.4, 0.5) is 5.69 Å². The molecule has 102 valence electrons. The van der Waals surface area contributed by atoms with Crippen molar-refractivity contribution in [2.45, 2.75) is 12.5 Å². The molecule has 0 spiro atoms. The summed E-state index contributed by atoms with van der Waals surface area (Å²) in [7, 11) is 1.27. The molecule has 19 heavy (non-hydrogen) atoms. The molecule has 0 aromatic heterocycles. The van der Waals surface area contributed by atoms with Gasteiger partial charge in [0.1, 0.15) is 0 Å². The van der Waals surface area contributed by atoms with E-state index in [1.165, 1.54) is 25.3 Å². The van der Waals surface area contributed by atoms with Crippen LogP contribution < -0.4 is 11.1 Å². The van der Waals surface area contributed by atoms with Crippen LogP contribution >= 0.6 is 11.6 Å². The van der Waals surface area contributed by atoms with Crippen LogP contribution in [0.15, 0.2) is 30.9 Å². The summed E-state index contributed by atoms with van der Waals surface area (Å²) in [4.78, 5) is 23.1. The van der Waals surface area contributed by atoms with Crippen LogP contribution in [-0.2, 0) is 9.53 Å². The van der Waals surface area contributed by atoms with E-state index in [1.54, 1.807) is 6.08 Å². The predicted octanol–water partition coefficient (Wildman–Crippen LogP) is 1.97. The van der Waals surface area contributed by atoms with Crippen LogP contribution in [0, 0.1) is 0 Å². The third-order valence-corrected chi connectivity index (χ3v) is 2.73. The fourth-order valence-corrected chi connectivity index (χ4v) is 1.54. The van der Waals surface area contributed by atoms with Gasteiger partial charge in [0, 0.05) is 0 Å². The molecule has 0 heterocycles. The third-order valence-electron chi connectivity index (χ3n) is 2.40. The van der Waals surface area contributed by atoms with Gasteiger partial charge >= 0.3 is 5.97 Å². The lowest BCUT2D eigenvalue weighted by molar-refractivity contribution is -0.117. The summed E-state index contributed by atoms with van der Waals surface area (Å²) >= 11 is 5.94. The average Bonchev–Trinajstić information content (AvgIpc) is 2.40. The lowest BCUT2D eigenvalue weighted by Crippen LogP contribution is -2.35. The first-order chi connectivity index (χ1) is 8.99. The van der Waals surface area contributed by atoms with Crippen molar-refractivity contribution < 1.29 is 14.3 Å². The summed E-state index contributed by atoms with van der Waals surface area (Å²) < 4.78 is 4.59. The van der Waals surface area contributed by atoms with Gasteiger partial charge in [0.05, 0.1) is 29.4 Å². The Morgan fingerprint density at radius 1 is 1.58 bits per heavy atom. The Kier molecular flexibility index (Phi) is 5.54. The molecule has 0 aliphatic carbocycles. The van der Waals surface area contributed by atoms with E-state index < -0.39 is 17.9 Å². The van der Waals surface area contributed by atoms with Crippen LogP contribution in [0.2, 0.25) is 5.02 Å². The number of esters is 1. The van der Waals surface area contributed by atoms with E-state index in [-0.39, 0.29) is 0 Å². The number of anilines is 1. The zero-order chi connectivity index (χ0) is 14.4. The smallest absolute Gasteiger partial charge is 0.337 e. The second-order valence-corrected chi connectivity index (χ2v) is 4.21. The zero-order valence-corrected chi connectivity index (χ0v) is 11.2. The number of carbonyl (C=O) groups excluding carboxylic acids is 2. The van der Waals surface area contributed by atoms with E-state index >= 15 is 0 Å².